The Morgan fingerprint density at radius 1 is 1.12 bits per heavy atom. The van der Waals surface area contributed by atoms with Crippen molar-refractivity contribution in [1.29, 1.82) is 0 Å². The summed E-state index contributed by atoms with van der Waals surface area (Å²) in [5.41, 5.74) is 4.06. The average molecular weight is 323 g/mol. The highest BCUT2D eigenvalue weighted by Gasteiger charge is 2.16. The van der Waals surface area contributed by atoms with Crippen molar-refractivity contribution in [2.45, 2.75) is 33.9 Å². The lowest BCUT2D eigenvalue weighted by atomic mass is 10.2. The first-order valence-electron chi connectivity index (χ1n) is 8.01. The van der Waals surface area contributed by atoms with Crippen LogP contribution in [0.25, 0.3) is 0 Å². The molecule has 1 aromatic carbocycles. The van der Waals surface area contributed by atoms with E-state index in [9.17, 15) is 4.79 Å². The number of amides is 1. The van der Waals surface area contributed by atoms with Gasteiger partial charge in [0, 0.05) is 12.7 Å². The first-order chi connectivity index (χ1) is 11.6. The van der Waals surface area contributed by atoms with Gasteiger partial charge < -0.3 is 5.32 Å². The van der Waals surface area contributed by atoms with Crippen LogP contribution in [0.3, 0.4) is 0 Å². The first kappa shape index (κ1) is 16.0. The van der Waals surface area contributed by atoms with E-state index in [0.29, 0.717) is 12.2 Å². The summed E-state index contributed by atoms with van der Waals surface area (Å²) in [6.45, 7) is 7.25. The maximum absolute atomic E-state index is 12.4. The van der Waals surface area contributed by atoms with Gasteiger partial charge in [-0.1, -0.05) is 30.3 Å². The second-order valence-corrected chi connectivity index (χ2v) is 5.70. The SMILES string of the molecule is CCn1ccc(C(=O)Nc2c(C)nn(Cc3ccccc3)c2C)n1. The topological polar surface area (TPSA) is 64.7 Å². The highest BCUT2D eigenvalue weighted by molar-refractivity contribution is 6.03. The third-order valence-corrected chi connectivity index (χ3v) is 3.99. The molecule has 0 saturated carbocycles. The molecule has 1 N–H and O–H groups in total. The van der Waals surface area contributed by atoms with Gasteiger partial charge in [-0.25, -0.2) is 0 Å². The van der Waals surface area contributed by atoms with Crippen molar-refractivity contribution < 1.29 is 4.79 Å². The number of nitrogens with zero attached hydrogens (tertiary/aromatic N) is 4. The van der Waals surface area contributed by atoms with E-state index in [1.54, 1.807) is 16.9 Å². The molecular formula is C18H21N5O. The second-order valence-electron chi connectivity index (χ2n) is 5.70. The van der Waals surface area contributed by atoms with Gasteiger partial charge in [-0.3, -0.25) is 14.2 Å². The largest absolute Gasteiger partial charge is 0.317 e. The molecule has 0 bridgehead atoms. The lowest BCUT2D eigenvalue weighted by Crippen LogP contribution is -2.14. The fourth-order valence-corrected chi connectivity index (χ4v) is 2.62. The molecule has 3 aromatic rings. The van der Waals surface area contributed by atoms with Crippen LogP contribution in [0.4, 0.5) is 5.69 Å². The van der Waals surface area contributed by atoms with Crippen LogP contribution in [0.5, 0.6) is 0 Å². The number of rotatable bonds is 5. The Morgan fingerprint density at radius 2 is 1.88 bits per heavy atom. The molecule has 24 heavy (non-hydrogen) atoms. The molecule has 6 heteroatoms. The summed E-state index contributed by atoms with van der Waals surface area (Å²) in [5, 5.41) is 11.7. The molecule has 2 heterocycles. The van der Waals surface area contributed by atoms with Crippen LogP contribution in [0, 0.1) is 13.8 Å². The van der Waals surface area contributed by atoms with Gasteiger partial charge in [0.15, 0.2) is 5.69 Å². The molecule has 0 saturated heterocycles. The van der Waals surface area contributed by atoms with Gasteiger partial charge in [-0.15, -0.1) is 0 Å². The molecule has 0 unspecified atom stereocenters. The van der Waals surface area contributed by atoms with Gasteiger partial charge in [0.05, 0.1) is 23.6 Å². The Bertz CT molecular complexity index is 848. The summed E-state index contributed by atoms with van der Waals surface area (Å²) in [6.07, 6.45) is 1.80. The normalized spacial score (nSPS) is 10.8. The molecule has 0 aliphatic rings. The molecule has 3 rings (SSSR count). The van der Waals surface area contributed by atoms with Crippen molar-refractivity contribution in [2.75, 3.05) is 5.32 Å². The van der Waals surface area contributed by atoms with Crippen molar-refractivity contribution in [3.8, 4) is 0 Å². The summed E-state index contributed by atoms with van der Waals surface area (Å²) >= 11 is 0. The molecule has 124 valence electrons. The van der Waals surface area contributed by atoms with Crippen LogP contribution >= 0.6 is 0 Å². The van der Waals surface area contributed by atoms with E-state index in [-0.39, 0.29) is 5.91 Å². The number of hydrogen-bond donors (Lipinski definition) is 1. The summed E-state index contributed by atoms with van der Waals surface area (Å²) < 4.78 is 3.64. The highest BCUT2D eigenvalue weighted by Crippen LogP contribution is 2.21. The van der Waals surface area contributed by atoms with Crippen LogP contribution in [-0.2, 0) is 13.1 Å². The molecule has 0 fully saturated rings. The third-order valence-electron chi connectivity index (χ3n) is 3.99. The van der Waals surface area contributed by atoms with Crippen molar-refractivity contribution in [3.63, 3.8) is 0 Å². The predicted molar refractivity (Wildman–Crippen MR) is 93.1 cm³/mol. The Balaban J connectivity index is 1.80. The Labute approximate surface area is 141 Å². The van der Waals surface area contributed by atoms with E-state index in [1.807, 2.05) is 43.7 Å². The fraction of sp³-hybridized carbons (Fsp3) is 0.278. The van der Waals surface area contributed by atoms with E-state index >= 15 is 0 Å². The quantitative estimate of drug-likeness (QED) is 0.785. The minimum absolute atomic E-state index is 0.215. The Kier molecular flexibility index (Phi) is 4.46. The minimum Gasteiger partial charge on any atom is -0.317 e. The number of carbonyl (C=O) groups is 1. The molecule has 0 aliphatic heterocycles. The van der Waals surface area contributed by atoms with Crippen LogP contribution < -0.4 is 5.32 Å². The Morgan fingerprint density at radius 3 is 2.54 bits per heavy atom. The van der Waals surface area contributed by atoms with Crippen molar-refractivity contribution in [1.82, 2.24) is 19.6 Å². The van der Waals surface area contributed by atoms with Gasteiger partial charge >= 0.3 is 0 Å². The minimum atomic E-state index is -0.215. The third kappa shape index (κ3) is 3.22. The predicted octanol–water partition coefficient (Wildman–Crippen LogP) is 3.02. The van der Waals surface area contributed by atoms with Crippen molar-refractivity contribution >= 4 is 11.6 Å². The molecule has 0 atom stereocenters. The van der Waals surface area contributed by atoms with Gasteiger partial charge in [-0.05, 0) is 32.4 Å². The lowest BCUT2D eigenvalue weighted by molar-refractivity contribution is 0.102. The summed E-state index contributed by atoms with van der Waals surface area (Å²) in [7, 11) is 0. The van der Waals surface area contributed by atoms with Crippen LogP contribution in [0.1, 0.15) is 34.4 Å². The standard InChI is InChI=1S/C18H21N5O/c1-4-22-11-10-16(21-22)18(24)19-17-13(2)20-23(14(17)3)12-15-8-6-5-7-9-15/h5-11H,4,12H2,1-3H3,(H,19,24). The van der Waals surface area contributed by atoms with E-state index in [4.69, 9.17) is 0 Å². The average Bonchev–Trinajstić information content (AvgIpc) is 3.17. The number of hydrogen-bond acceptors (Lipinski definition) is 3. The van der Waals surface area contributed by atoms with Crippen LogP contribution in [0.2, 0.25) is 0 Å². The highest BCUT2D eigenvalue weighted by atomic mass is 16.2. The molecule has 0 radical (unpaired) electrons. The van der Waals surface area contributed by atoms with Gasteiger partial charge in [0.2, 0.25) is 0 Å². The van der Waals surface area contributed by atoms with Crippen LogP contribution in [-0.4, -0.2) is 25.5 Å². The van der Waals surface area contributed by atoms with Crippen molar-refractivity contribution in [2.24, 2.45) is 0 Å². The number of aromatic nitrogens is 4. The van der Waals surface area contributed by atoms with E-state index < -0.39 is 0 Å². The molecule has 0 aliphatic carbocycles. The van der Waals surface area contributed by atoms with Crippen molar-refractivity contribution in [3.05, 3.63) is 65.2 Å². The van der Waals surface area contributed by atoms with Gasteiger partial charge in [0.1, 0.15) is 0 Å². The Hall–Kier alpha value is -2.89. The zero-order valence-corrected chi connectivity index (χ0v) is 14.2. The number of anilines is 1. The first-order valence-corrected chi connectivity index (χ1v) is 8.01. The number of benzene rings is 1. The fourth-order valence-electron chi connectivity index (χ4n) is 2.62. The maximum Gasteiger partial charge on any atom is 0.276 e. The maximum atomic E-state index is 12.4. The zero-order chi connectivity index (χ0) is 17.1. The van der Waals surface area contributed by atoms with Crippen LogP contribution in [0.15, 0.2) is 42.6 Å². The van der Waals surface area contributed by atoms with Gasteiger partial charge in [-0.2, -0.15) is 10.2 Å². The smallest absolute Gasteiger partial charge is 0.276 e. The monoisotopic (exact) mass is 323 g/mol. The number of carbonyl (C=O) groups excluding carboxylic acids is 1. The summed E-state index contributed by atoms with van der Waals surface area (Å²) in [4.78, 5) is 12.4. The van der Waals surface area contributed by atoms with E-state index in [2.05, 4.69) is 27.6 Å². The summed E-state index contributed by atoms with van der Waals surface area (Å²) in [6, 6.07) is 11.9. The number of nitrogens with one attached hydrogen (secondary N) is 1. The lowest BCUT2D eigenvalue weighted by Gasteiger charge is -2.06. The molecule has 1 amide bonds. The number of aryl methyl sites for hydroxylation is 2. The molecule has 2 aromatic heterocycles. The van der Waals surface area contributed by atoms with Gasteiger partial charge in [0.25, 0.3) is 5.91 Å². The summed E-state index contributed by atoms with van der Waals surface area (Å²) in [5.74, 6) is -0.215. The molecular weight excluding hydrogens is 302 g/mol. The van der Waals surface area contributed by atoms with E-state index in [0.717, 1.165) is 23.6 Å². The second kappa shape index (κ2) is 6.70. The van der Waals surface area contributed by atoms with E-state index in [1.165, 1.54) is 5.56 Å². The molecule has 0 spiro atoms. The molecule has 6 nitrogen and oxygen atoms in total. The zero-order valence-electron chi connectivity index (χ0n) is 14.2.